The molecule has 0 aromatic rings. The molecule has 1 amide bonds. The fourth-order valence-corrected chi connectivity index (χ4v) is 1.40. The highest BCUT2D eigenvalue weighted by atomic mass is 16.8. The Kier molecular flexibility index (Phi) is 3.77. The predicted molar refractivity (Wildman–Crippen MR) is 57.4 cm³/mol. The number of ether oxygens (including phenoxy) is 2. The number of hydrogen-bond acceptors (Lipinski definition) is 5. The SMILES string of the molecule is CC(C)(C)OC(=O)N1CCOC(C)(ON)C1. The van der Waals surface area contributed by atoms with Gasteiger partial charge in [-0.3, -0.25) is 4.84 Å². The molecule has 0 aromatic carbocycles. The minimum absolute atomic E-state index is 0.262. The lowest BCUT2D eigenvalue weighted by Crippen LogP contribution is -2.55. The van der Waals surface area contributed by atoms with Crippen molar-refractivity contribution in [3.8, 4) is 0 Å². The summed E-state index contributed by atoms with van der Waals surface area (Å²) in [5.74, 6) is 4.17. The van der Waals surface area contributed by atoms with Crippen molar-refractivity contribution in [2.75, 3.05) is 19.7 Å². The molecule has 0 aliphatic carbocycles. The maximum absolute atomic E-state index is 11.8. The van der Waals surface area contributed by atoms with Crippen molar-refractivity contribution >= 4 is 6.09 Å². The Morgan fingerprint density at radius 2 is 2.12 bits per heavy atom. The third kappa shape index (κ3) is 3.62. The minimum atomic E-state index is -0.949. The summed E-state index contributed by atoms with van der Waals surface area (Å²) >= 11 is 0. The third-order valence-electron chi connectivity index (χ3n) is 2.15. The van der Waals surface area contributed by atoms with Crippen LogP contribution in [-0.4, -0.2) is 42.1 Å². The molecule has 0 aromatic heterocycles. The Morgan fingerprint density at radius 3 is 2.62 bits per heavy atom. The van der Waals surface area contributed by atoms with Gasteiger partial charge in [0.1, 0.15) is 5.60 Å². The second kappa shape index (κ2) is 4.57. The first-order valence-electron chi connectivity index (χ1n) is 5.25. The first-order chi connectivity index (χ1) is 7.26. The van der Waals surface area contributed by atoms with Gasteiger partial charge in [-0.15, -0.1) is 0 Å². The Hall–Kier alpha value is -0.850. The lowest BCUT2D eigenvalue weighted by atomic mass is 10.2. The summed E-state index contributed by atoms with van der Waals surface area (Å²) in [6.45, 7) is 8.28. The second-order valence-electron chi connectivity index (χ2n) is 5.00. The van der Waals surface area contributed by atoms with Crippen LogP contribution >= 0.6 is 0 Å². The van der Waals surface area contributed by atoms with E-state index in [4.69, 9.17) is 20.2 Å². The van der Waals surface area contributed by atoms with E-state index in [0.717, 1.165) is 0 Å². The van der Waals surface area contributed by atoms with Crippen molar-refractivity contribution in [1.82, 2.24) is 4.90 Å². The first kappa shape index (κ1) is 13.2. The van der Waals surface area contributed by atoms with Gasteiger partial charge in [0.05, 0.1) is 13.2 Å². The molecule has 1 aliphatic heterocycles. The molecule has 1 atom stereocenters. The maximum Gasteiger partial charge on any atom is 0.410 e. The molecule has 6 heteroatoms. The molecular formula is C10H20N2O4. The molecule has 0 spiro atoms. The van der Waals surface area contributed by atoms with Gasteiger partial charge in [0.15, 0.2) is 0 Å². The second-order valence-corrected chi connectivity index (χ2v) is 5.00. The van der Waals surface area contributed by atoms with Crippen LogP contribution < -0.4 is 5.90 Å². The number of hydrogen-bond donors (Lipinski definition) is 1. The van der Waals surface area contributed by atoms with E-state index >= 15 is 0 Å². The van der Waals surface area contributed by atoms with E-state index in [-0.39, 0.29) is 12.6 Å². The smallest absolute Gasteiger partial charge is 0.410 e. The summed E-state index contributed by atoms with van der Waals surface area (Å²) in [5, 5.41) is 0. The van der Waals surface area contributed by atoms with Crippen LogP contribution in [0.3, 0.4) is 0 Å². The quantitative estimate of drug-likeness (QED) is 0.679. The molecule has 1 rings (SSSR count). The standard InChI is InChI=1S/C10H20N2O4/c1-9(2,3)15-8(13)12-5-6-14-10(4,7-12)16-11/h5-7,11H2,1-4H3. The molecule has 94 valence electrons. The van der Waals surface area contributed by atoms with Crippen LogP contribution in [0, 0.1) is 0 Å². The molecule has 16 heavy (non-hydrogen) atoms. The third-order valence-corrected chi connectivity index (χ3v) is 2.15. The highest BCUT2D eigenvalue weighted by molar-refractivity contribution is 5.68. The summed E-state index contributed by atoms with van der Waals surface area (Å²) in [4.78, 5) is 18.0. The van der Waals surface area contributed by atoms with Gasteiger partial charge in [-0.1, -0.05) is 0 Å². The monoisotopic (exact) mass is 232 g/mol. The van der Waals surface area contributed by atoms with Gasteiger partial charge < -0.3 is 14.4 Å². The largest absolute Gasteiger partial charge is 0.444 e. The minimum Gasteiger partial charge on any atom is -0.444 e. The summed E-state index contributed by atoms with van der Waals surface area (Å²) < 4.78 is 10.6. The van der Waals surface area contributed by atoms with Crippen LogP contribution in [-0.2, 0) is 14.3 Å². The van der Waals surface area contributed by atoms with Crippen LogP contribution in [0.15, 0.2) is 0 Å². The lowest BCUT2D eigenvalue weighted by Gasteiger charge is -2.38. The van der Waals surface area contributed by atoms with E-state index in [1.165, 1.54) is 4.90 Å². The van der Waals surface area contributed by atoms with Crippen molar-refractivity contribution in [2.45, 2.75) is 39.1 Å². The van der Waals surface area contributed by atoms with Gasteiger partial charge in [0, 0.05) is 6.54 Å². The van der Waals surface area contributed by atoms with Crippen molar-refractivity contribution in [1.29, 1.82) is 0 Å². The number of carbonyl (C=O) groups excluding carboxylic acids is 1. The van der Waals surface area contributed by atoms with E-state index < -0.39 is 11.4 Å². The molecule has 2 N–H and O–H groups in total. The molecule has 0 saturated carbocycles. The summed E-state index contributed by atoms with van der Waals surface area (Å²) in [5.41, 5.74) is -0.505. The Labute approximate surface area is 95.6 Å². The van der Waals surface area contributed by atoms with Crippen LogP contribution in [0.25, 0.3) is 0 Å². The van der Waals surface area contributed by atoms with Crippen LogP contribution in [0.2, 0.25) is 0 Å². The van der Waals surface area contributed by atoms with Crippen molar-refractivity contribution in [3.05, 3.63) is 0 Å². The number of amides is 1. The van der Waals surface area contributed by atoms with E-state index in [2.05, 4.69) is 0 Å². The molecule has 6 nitrogen and oxygen atoms in total. The van der Waals surface area contributed by atoms with Crippen LogP contribution in [0.5, 0.6) is 0 Å². The van der Waals surface area contributed by atoms with Crippen LogP contribution in [0.4, 0.5) is 4.79 Å². The van der Waals surface area contributed by atoms with Crippen molar-refractivity contribution in [2.24, 2.45) is 5.90 Å². The number of nitrogens with two attached hydrogens (primary N) is 1. The Balaban J connectivity index is 2.57. The summed E-state index contributed by atoms with van der Waals surface area (Å²) in [7, 11) is 0. The molecule has 1 aliphatic rings. The Bertz CT molecular complexity index is 264. The predicted octanol–water partition coefficient (Wildman–Crippen LogP) is 0.860. The zero-order valence-corrected chi connectivity index (χ0v) is 10.3. The van der Waals surface area contributed by atoms with Gasteiger partial charge in [-0.2, -0.15) is 0 Å². The summed E-state index contributed by atoms with van der Waals surface area (Å²) in [6, 6.07) is 0. The fraction of sp³-hybridized carbons (Fsp3) is 0.900. The molecule has 1 saturated heterocycles. The lowest BCUT2D eigenvalue weighted by molar-refractivity contribution is -0.255. The van der Waals surface area contributed by atoms with Gasteiger partial charge in [-0.25, -0.2) is 10.7 Å². The van der Waals surface area contributed by atoms with E-state index in [1.807, 2.05) is 20.8 Å². The number of nitrogens with zero attached hydrogens (tertiary/aromatic N) is 1. The molecular weight excluding hydrogens is 212 g/mol. The average molecular weight is 232 g/mol. The summed E-state index contributed by atoms with van der Waals surface area (Å²) in [6.07, 6.45) is -0.376. The maximum atomic E-state index is 11.8. The van der Waals surface area contributed by atoms with E-state index in [9.17, 15) is 4.79 Å². The van der Waals surface area contributed by atoms with Gasteiger partial charge in [0.2, 0.25) is 5.79 Å². The highest BCUT2D eigenvalue weighted by Crippen LogP contribution is 2.19. The molecule has 0 radical (unpaired) electrons. The van der Waals surface area contributed by atoms with E-state index in [0.29, 0.717) is 13.2 Å². The van der Waals surface area contributed by atoms with Gasteiger partial charge in [-0.05, 0) is 27.7 Å². The Morgan fingerprint density at radius 1 is 1.50 bits per heavy atom. The average Bonchev–Trinajstić information content (AvgIpc) is 2.15. The van der Waals surface area contributed by atoms with Crippen LogP contribution in [0.1, 0.15) is 27.7 Å². The normalized spacial score (nSPS) is 26.7. The van der Waals surface area contributed by atoms with Gasteiger partial charge in [0.25, 0.3) is 0 Å². The first-order valence-corrected chi connectivity index (χ1v) is 5.25. The molecule has 1 fully saturated rings. The number of rotatable bonds is 1. The van der Waals surface area contributed by atoms with E-state index in [1.54, 1.807) is 6.92 Å². The van der Waals surface area contributed by atoms with Gasteiger partial charge >= 0.3 is 6.09 Å². The highest BCUT2D eigenvalue weighted by Gasteiger charge is 2.36. The molecule has 1 heterocycles. The fourth-order valence-electron chi connectivity index (χ4n) is 1.40. The van der Waals surface area contributed by atoms with Crippen molar-refractivity contribution < 1.29 is 19.1 Å². The number of morpholine rings is 1. The molecule has 0 bridgehead atoms. The number of carbonyl (C=O) groups is 1. The zero-order valence-electron chi connectivity index (χ0n) is 10.3. The van der Waals surface area contributed by atoms with Crippen molar-refractivity contribution in [3.63, 3.8) is 0 Å². The topological polar surface area (TPSA) is 74.0 Å². The molecule has 1 unspecified atom stereocenters. The zero-order chi connectivity index (χ0) is 12.4.